The van der Waals surface area contributed by atoms with E-state index in [4.69, 9.17) is 0 Å². The van der Waals surface area contributed by atoms with Crippen LogP contribution in [0.25, 0.3) is 0 Å². The molecule has 0 amide bonds. The monoisotopic (exact) mass is 226 g/mol. The highest BCUT2D eigenvalue weighted by Gasteiger charge is 2.22. The SMILES string of the molecule is CNC(C)CC(C)(C)Cc1nc(C)cs1. The molecule has 15 heavy (non-hydrogen) atoms. The minimum Gasteiger partial charge on any atom is -0.317 e. The Morgan fingerprint density at radius 3 is 2.67 bits per heavy atom. The summed E-state index contributed by atoms with van der Waals surface area (Å²) in [6.07, 6.45) is 2.26. The molecule has 86 valence electrons. The molecule has 0 aliphatic carbocycles. The zero-order valence-electron chi connectivity index (χ0n) is 10.4. The summed E-state index contributed by atoms with van der Waals surface area (Å²) < 4.78 is 0. The first-order valence-corrected chi connectivity index (χ1v) is 6.39. The molecular weight excluding hydrogens is 204 g/mol. The third kappa shape index (κ3) is 4.31. The van der Waals surface area contributed by atoms with E-state index in [1.54, 1.807) is 11.3 Å². The molecule has 0 aliphatic heterocycles. The Hall–Kier alpha value is -0.410. The van der Waals surface area contributed by atoms with Crippen LogP contribution in [-0.2, 0) is 6.42 Å². The van der Waals surface area contributed by atoms with Gasteiger partial charge >= 0.3 is 0 Å². The van der Waals surface area contributed by atoms with Crippen molar-refractivity contribution in [3.05, 3.63) is 16.1 Å². The smallest absolute Gasteiger partial charge is 0.0933 e. The minimum absolute atomic E-state index is 0.326. The number of aryl methyl sites for hydroxylation is 1. The Morgan fingerprint density at radius 1 is 1.53 bits per heavy atom. The van der Waals surface area contributed by atoms with Crippen LogP contribution >= 0.6 is 11.3 Å². The summed E-state index contributed by atoms with van der Waals surface area (Å²) in [5.74, 6) is 0. The van der Waals surface area contributed by atoms with Gasteiger partial charge in [0.05, 0.1) is 5.01 Å². The fourth-order valence-corrected chi connectivity index (χ4v) is 2.93. The Kier molecular flexibility index (Phi) is 4.29. The number of hydrogen-bond acceptors (Lipinski definition) is 3. The molecule has 1 heterocycles. The van der Waals surface area contributed by atoms with Crippen LogP contribution in [0, 0.1) is 12.3 Å². The zero-order valence-corrected chi connectivity index (χ0v) is 11.2. The van der Waals surface area contributed by atoms with Crippen LogP contribution in [-0.4, -0.2) is 18.1 Å². The first kappa shape index (κ1) is 12.7. The van der Waals surface area contributed by atoms with Crippen LogP contribution in [0.4, 0.5) is 0 Å². The van der Waals surface area contributed by atoms with Gasteiger partial charge in [0, 0.05) is 23.5 Å². The Labute approximate surface area is 97.1 Å². The second-order valence-corrected chi connectivity index (χ2v) is 6.06. The van der Waals surface area contributed by atoms with Crippen molar-refractivity contribution in [2.75, 3.05) is 7.05 Å². The third-order valence-electron chi connectivity index (χ3n) is 2.65. The predicted molar refractivity (Wildman–Crippen MR) is 67.5 cm³/mol. The van der Waals surface area contributed by atoms with Crippen LogP contribution in [0.3, 0.4) is 0 Å². The maximum Gasteiger partial charge on any atom is 0.0933 e. The second kappa shape index (κ2) is 5.08. The summed E-state index contributed by atoms with van der Waals surface area (Å²) in [5, 5.41) is 6.69. The van der Waals surface area contributed by atoms with Crippen LogP contribution in [0.1, 0.15) is 37.9 Å². The average Bonchev–Trinajstić information content (AvgIpc) is 2.49. The highest BCUT2D eigenvalue weighted by Crippen LogP contribution is 2.28. The number of rotatable bonds is 5. The summed E-state index contributed by atoms with van der Waals surface area (Å²) >= 11 is 1.78. The third-order valence-corrected chi connectivity index (χ3v) is 3.61. The number of thiazole rings is 1. The van der Waals surface area contributed by atoms with Gasteiger partial charge in [0.25, 0.3) is 0 Å². The lowest BCUT2D eigenvalue weighted by molar-refractivity contribution is 0.293. The molecular formula is C12H22N2S. The number of nitrogens with zero attached hydrogens (tertiary/aromatic N) is 1. The molecule has 1 aromatic rings. The summed E-state index contributed by atoms with van der Waals surface area (Å²) in [6, 6.07) is 0.570. The van der Waals surface area contributed by atoms with Crippen molar-refractivity contribution in [1.82, 2.24) is 10.3 Å². The highest BCUT2D eigenvalue weighted by atomic mass is 32.1. The number of aromatic nitrogens is 1. The molecule has 2 nitrogen and oxygen atoms in total. The van der Waals surface area contributed by atoms with Crippen molar-refractivity contribution in [3.63, 3.8) is 0 Å². The summed E-state index contributed by atoms with van der Waals surface area (Å²) in [4.78, 5) is 4.53. The van der Waals surface area contributed by atoms with Crippen LogP contribution in [0.2, 0.25) is 0 Å². The first-order chi connectivity index (χ1) is 6.93. The molecule has 0 aliphatic rings. The van der Waals surface area contributed by atoms with E-state index in [1.807, 2.05) is 7.05 Å². The summed E-state index contributed by atoms with van der Waals surface area (Å²) in [5.41, 5.74) is 1.47. The van der Waals surface area contributed by atoms with Gasteiger partial charge in [-0.25, -0.2) is 4.98 Å². The van der Waals surface area contributed by atoms with Gasteiger partial charge < -0.3 is 5.32 Å². The minimum atomic E-state index is 0.326. The molecule has 0 saturated carbocycles. The molecule has 0 spiro atoms. The molecule has 0 aromatic carbocycles. The molecule has 0 bridgehead atoms. The maximum atomic E-state index is 4.53. The van der Waals surface area contributed by atoms with Crippen LogP contribution in [0.15, 0.2) is 5.38 Å². The van der Waals surface area contributed by atoms with E-state index in [0.29, 0.717) is 11.5 Å². The fraction of sp³-hybridized carbons (Fsp3) is 0.750. The Bertz CT molecular complexity index is 304. The van der Waals surface area contributed by atoms with E-state index in [9.17, 15) is 0 Å². The average molecular weight is 226 g/mol. The standard InChI is InChI=1S/C12H22N2S/c1-9(13-5)6-12(3,4)7-11-14-10(2)8-15-11/h8-9,13H,6-7H2,1-5H3. The topological polar surface area (TPSA) is 24.9 Å². The quantitative estimate of drug-likeness (QED) is 0.835. The van der Waals surface area contributed by atoms with Crippen molar-refractivity contribution in [2.45, 2.75) is 46.6 Å². The molecule has 0 radical (unpaired) electrons. The molecule has 1 unspecified atom stereocenters. The van der Waals surface area contributed by atoms with Crippen molar-refractivity contribution < 1.29 is 0 Å². The molecule has 1 atom stereocenters. The van der Waals surface area contributed by atoms with E-state index in [1.165, 1.54) is 11.4 Å². The van der Waals surface area contributed by atoms with Gasteiger partial charge in [0.15, 0.2) is 0 Å². The van der Waals surface area contributed by atoms with Gasteiger partial charge in [-0.1, -0.05) is 13.8 Å². The van der Waals surface area contributed by atoms with Crippen molar-refractivity contribution in [1.29, 1.82) is 0 Å². The summed E-state index contributed by atoms with van der Waals surface area (Å²) in [7, 11) is 2.02. The molecule has 0 fully saturated rings. The van der Waals surface area contributed by atoms with Gasteiger partial charge in [0.1, 0.15) is 0 Å². The fourth-order valence-electron chi connectivity index (χ4n) is 1.90. The zero-order chi connectivity index (χ0) is 11.5. The second-order valence-electron chi connectivity index (χ2n) is 5.12. The first-order valence-electron chi connectivity index (χ1n) is 5.51. The van der Waals surface area contributed by atoms with E-state index >= 15 is 0 Å². The Balaban J connectivity index is 2.55. The highest BCUT2D eigenvalue weighted by molar-refractivity contribution is 7.09. The molecule has 1 aromatic heterocycles. The normalized spacial score (nSPS) is 14.2. The maximum absolute atomic E-state index is 4.53. The lowest BCUT2D eigenvalue weighted by Gasteiger charge is -2.27. The lowest BCUT2D eigenvalue weighted by Crippen LogP contribution is -2.29. The van der Waals surface area contributed by atoms with E-state index in [-0.39, 0.29) is 0 Å². The lowest BCUT2D eigenvalue weighted by atomic mass is 9.83. The van der Waals surface area contributed by atoms with E-state index < -0.39 is 0 Å². The van der Waals surface area contributed by atoms with E-state index in [0.717, 1.165) is 12.1 Å². The number of nitrogens with one attached hydrogen (secondary N) is 1. The van der Waals surface area contributed by atoms with Gasteiger partial charge in [-0.15, -0.1) is 11.3 Å². The molecule has 1 rings (SSSR count). The van der Waals surface area contributed by atoms with E-state index in [2.05, 4.69) is 43.4 Å². The van der Waals surface area contributed by atoms with Crippen LogP contribution < -0.4 is 5.32 Å². The number of hydrogen-bond donors (Lipinski definition) is 1. The molecule has 3 heteroatoms. The van der Waals surface area contributed by atoms with Gasteiger partial charge in [-0.2, -0.15) is 0 Å². The van der Waals surface area contributed by atoms with Crippen molar-refractivity contribution >= 4 is 11.3 Å². The molecule has 1 N–H and O–H groups in total. The largest absolute Gasteiger partial charge is 0.317 e. The van der Waals surface area contributed by atoms with Gasteiger partial charge in [-0.3, -0.25) is 0 Å². The van der Waals surface area contributed by atoms with Gasteiger partial charge in [0.2, 0.25) is 0 Å². The molecule has 0 saturated heterocycles. The van der Waals surface area contributed by atoms with Crippen LogP contribution in [0.5, 0.6) is 0 Å². The summed E-state index contributed by atoms with van der Waals surface area (Å²) in [6.45, 7) is 8.92. The van der Waals surface area contributed by atoms with Crippen molar-refractivity contribution in [2.24, 2.45) is 5.41 Å². The predicted octanol–water partition coefficient (Wildman–Crippen LogP) is 3.02. The Morgan fingerprint density at radius 2 is 2.20 bits per heavy atom. The van der Waals surface area contributed by atoms with Crippen molar-refractivity contribution in [3.8, 4) is 0 Å². The van der Waals surface area contributed by atoms with Gasteiger partial charge in [-0.05, 0) is 32.7 Å².